The van der Waals surface area contributed by atoms with Crippen LogP contribution in [-0.4, -0.2) is 46.1 Å². The van der Waals surface area contributed by atoms with Crippen LogP contribution in [0.3, 0.4) is 0 Å². The molecule has 1 saturated carbocycles. The molecule has 14 heavy (non-hydrogen) atoms. The molecule has 84 valence electrons. The van der Waals surface area contributed by atoms with Crippen molar-refractivity contribution in [2.24, 2.45) is 11.7 Å². The second-order valence-electron chi connectivity index (χ2n) is 3.99. The van der Waals surface area contributed by atoms with Crippen molar-refractivity contribution in [2.45, 2.75) is 18.4 Å². The van der Waals surface area contributed by atoms with E-state index in [1.807, 2.05) is 0 Å². The summed E-state index contributed by atoms with van der Waals surface area (Å²) in [4.78, 5) is 0. The molecule has 1 unspecified atom stereocenters. The van der Waals surface area contributed by atoms with Gasteiger partial charge in [-0.15, -0.1) is 0 Å². The maximum absolute atomic E-state index is 5.83. The molecule has 1 fully saturated rings. The normalized spacial score (nSPS) is 20.8. The highest BCUT2D eigenvalue weighted by Gasteiger charge is 2.43. The van der Waals surface area contributed by atoms with Crippen LogP contribution in [0.1, 0.15) is 12.8 Å². The first-order chi connectivity index (χ1) is 6.79. The van der Waals surface area contributed by atoms with Crippen molar-refractivity contribution >= 4 is 0 Å². The summed E-state index contributed by atoms with van der Waals surface area (Å²) in [6, 6.07) is 0. The van der Waals surface area contributed by atoms with E-state index in [9.17, 15) is 0 Å². The number of hydrogen-bond acceptors (Lipinski definition) is 4. The number of hydrogen-bond donors (Lipinski definition) is 2. The molecule has 0 aromatic heterocycles. The molecule has 0 aromatic carbocycles. The van der Waals surface area contributed by atoms with Gasteiger partial charge in [0.2, 0.25) is 0 Å². The molecule has 0 radical (unpaired) electrons. The van der Waals surface area contributed by atoms with Crippen molar-refractivity contribution in [3.05, 3.63) is 0 Å². The van der Waals surface area contributed by atoms with E-state index in [0.29, 0.717) is 19.1 Å². The first-order valence-electron chi connectivity index (χ1n) is 5.22. The summed E-state index contributed by atoms with van der Waals surface area (Å²) in [6.45, 7) is 2.89. The minimum atomic E-state index is -0.0206. The summed E-state index contributed by atoms with van der Waals surface area (Å²) < 4.78 is 10.3. The molecular weight excluding hydrogens is 180 g/mol. The third-order valence-electron chi connectivity index (χ3n) is 2.91. The van der Waals surface area contributed by atoms with Crippen LogP contribution in [-0.2, 0) is 9.47 Å². The van der Waals surface area contributed by atoms with Gasteiger partial charge >= 0.3 is 0 Å². The van der Waals surface area contributed by atoms with Gasteiger partial charge in [-0.25, -0.2) is 0 Å². The van der Waals surface area contributed by atoms with Gasteiger partial charge in [0.25, 0.3) is 0 Å². The fraction of sp³-hybridized carbons (Fsp3) is 1.00. The van der Waals surface area contributed by atoms with E-state index in [1.54, 1.807) is 14.2 Å². The van der Waals surface area contributed by atoms with Crippen molar-refractivity contribution < 1.29 is 9.47 Å². The van der Waals surface area contributed by atoms with Crippen LogP contribution >= 0.6 is 0 Å². The third kappa shape index (κ3) is 2.92. The quantitative estimate of drug-likeness (QED) is 0.543. The standard InChI is InChI=1S/C10H22N2O2/c1-13-6-5-12-10(7-11,8-14-2)9-3-4-9/h9,12H,3-8,11H2,1-2H3. The van der Waals surface area contributed by atoms with Gasteiger partial charge in [0, 0.05) is 27.3 Å². The Labute approximate surface area is 86.1 Å². The maximum atomic E-state index is 5.83. The third-order valence-corrected chi connectivity index (χ3v) is 2.91. The van der Waals surface area contributed by atoms with Crippen molar-refractivity contribution in [1.82, 2.24) is 5.32 Å². The minimum absolute atomic E-state index is 0.0206. The average Bonchev–Trinajstić information content (AvgIpc) is 3.00. The Morgan fingerprint density at radius 1 is 1.36 bits per heavy atom. The summed E-state index contributed by atoms with van der Waals surface area (Å²) in [6.07, 6.45) is 2.53. The molecule has 3 N–H and O–H groups in total. The highest BCUT2D eigenvalue weighted by molar-refractivity contribution is 5.01. The molecule has 0 aromatic rings. The van der Waals surface area contributed by atoms with Crippen LogP contribution in [0.5, 0.6) is 0 Å². The molecule has 0 spiro atoms. The lowest BCUT2D eigenvalue weighted by Crippen LogP contribution is -2.57. The van der Waals surface area contributed by atoms with Gasteiger partial charge in [0.15, 0.2) is 0 Å². The van der Waals surface area contributed by atoms with E-state index in [0.717, 1.165) is 13.2 Å². The zero-order valence-corrected chi connectivity index (χ0v) is 9.21. The average molecular weight is 202 g/mol. The molecule has 0 aliphatic heterocycles. The van der Waals surface area contributed by atoms with Gasteiger partial charge in [0.1, 0.15) is 0 Å². The molecule has 0 heterocycles. The van der Waals surface area contributed by atoms with Gasteiger partial charge in [-0.2, -0.15) is 0 Å². The molecule has 0 saturated heterocycles. The van der Waals surface area contributed by atoms with E-state index in [2.05, 4.69) is 5.32 Å². The molecule has 4 heteroatoms. The zero-order valence-electron chi connectivity index (χ0n) is 9.21. The lowest BCUT2D eigenvalue weighted by molar-refractivity contribution is 0.0904. The molecular formula is C10H22N2O2. The van der Waals surface area contributed by atoms with Crippen LogP contribution in [0.4, 0.5) is 0 Å². The van der Waals surface area contributed by atoms with Crippen LogP contribution < -0.4 is 11.1 Å². The number of nitrogens with two attached hydrogens (primary N) is 1. The Morgan fingerprint density at radius 3 is 2.50 bits per heavy atom. The van der Waals surface area contributed by atoms with E-state index in [4.69, 9.17) is 15.2 Å². The summed E-state index contributed by atoms with van der Waals surface area (Å²) in [5.74, 6) is 0.685. The summed E-state index contributed by atoms with van der Waals surface area (Å²) in [5.41, 5.74) is 5.81. The van der Waals surface area contributed by atoms with Crippen molar-refractivity contribution in [1.29, 1.82) is 0 Å². The van der Waals surface area contributed by atoms with Crippen LogP contribution in [0, 0.1) is 5.92 Å². The Bertz CT molecular complexity index is 162. The lowest BCUT2D eigenvalue weighted by Gasteiger charge is -2.33. The van der Waals surface area contributed by atoms with E-state index in [1.165, 1.54) is 12.8 Å². The molecule has 1 atom stereocenters. The Balaban J connectivity index is 2.40. The highest BCUT2D eigenvalue weighted by atomic mass is 16.5. The predicted molar refractivity (Wildman–Crippen MR) is 56.3 cm³/mol. The molecule has 1 aliphatic carbocycles. The van der Waals surface area contributed by atoms with Gasteiger partial charge in [-0.1, -0.05) is 0 Å². The molecule has 0 amide bonds. The fourth-order valence-corrected chi connectivity index (χ4v) is 1.91. The second-order valence-corrected chi connectivity index (χ2v) is 3.99. The van der Waals surface area contributed by atoms with E-state index < -0.39 is 0 Å². The maximum Gasteiger partial charge on any atom is 0.0659 e. The molecule has 1 aliphatic rings. The molecule has 4 nitrogen and oxygen atoms in total. The molecule has 0 bridgehead atoms. The Kier molecular flexibility index (Phi) is 4.81. The first-order valence-corrected chi connectivity index (χ1v) is 5.22. The number of methoxy groups -OCH3 is 2. The number of ether oxygens (including phenoxy) is 2. The fourth-order valence-electron chi connectivity index (χ4n) is 1.91. The smallest absolute Gasteiger partial charge is 0.0659 e. The largest absolute Gasteiger partial charge is 0.383 e. The van der Waals surface area contributed by atoms with Gasteiger partial charge in [-0.05, 0) is 18.8 Å². The van der Waals surface area contributed by atoms with Crippen molar-refractivity contribution in [3.63, 3.8) is 0 Å². The van der Waals surface area contributed by atoms with Crippen LogP contribution in [0.15, 0.2) is 0 Å². The number of nitrogens with one attached hydrogen (secondary N) is 1. The van der Waals surface area contributed by atoms with Gasteiger partial charge < -0.3 is 20.5 Å². The topological polar surface area (TPSA) is 56.5 Å². The van der Waals surface area contributed by atoms with Crippen LogP contribution in [0.25, 0.3) is 0 Å². The Hall–Kier alpha value is -0.160. The SMILES string of the molecule is COCCNC(CN)(COC)C1CC1. The molecule has 1 rings (SSSR count). The van der Waals surface area contributed by atoms with E-state index >= 15 is 0 Å². The first kappa shape index (κ1) is 11.9. The van der Waals surface area contributed by atoms with Crippen molar-refractivity contribution in [3.8, 4) is 0 Å². The van der Waals surface area contributed by atoms with Gasteiger partial charge in [-0.3, -0.25) is 0 Å². The predicted octanol–water partition coefficient (Wildman–Crippen LogP) is -0.0237. The lowest BCUT2D eigenvalue weighted by atomic mass is 9.94. The summed E-state index contributed by atoms with van der Waals surface area (Å²) in [7, 11) is 3.43. The van der Waals surface area contributed by atoms with E-state index in [-0.39, 0.29) is 5.54 Å². The monoisotopic (exact) mass is 202 g/mol. The van der Waals surface area contributed by atoms with Crippen LogP contribution in [0.2, 0.25) is 0 Å². The number of rotatable bonds is 8. The Morgan fingerprint density at radius 2 is 2.07 bits per heavy atom. The minimum Gasteiger partial charge on any atom is -0.383 e. The van der Waals surface area contributed by atoms with Gasteiger partial charge in [0.05, 0.1) is 18.8 Å². The summed E-state index contributed by atoms with van der Waals surface area (Å²) >= 11 is 0. The summed E-state index contributed by atoms with van der Waals surface area (Å²) in [5, 5.41) is 3.47. The zero-order chi connectivity index (χ0) is 10.4. The second kappa shape index (κ2) is 5.66. The van der Waals surface area contributed by atoms with Crippen molar-refractivity contribution in [2.75, 3.05) is 40.5 Å². The highest BCUT2D eigenvalue weighted by Crippen LogP contribution is 2.39.